The summed E-state index contributed by atoms with van der Waals surface area (Å²) in [6, 6.07) is -0.984. The molecule has 0 aliphatic rings. The van der Waals surface area contributed by atoms with Crippen molar-refractivity contribution in [2.45, 2.75) is 379 Å². The zero-order valence-electron chi connectivity index (χ0n) is 46.8. The molecule has 0 bridgehead atoms. The molecule has 1 amide bonds. The predicted molar refractivity (Wildman–Crippen MR) is 302 cm³/mol. The summed E-state index contributed by atoms with van der Waals surface area (Å²) >= 11 is 0. The Labute approximate surface area is 432 Å². The van der Waals surface area contributed by atoms with Gasteiger partial charge in [-0.3, -0.25) is 4.79 Å². The number of aliphatic hydroxyl groups excluding tert-OH is 4. The van der Waals surface area contributed by atoms with Gasteiger partial charge in [0.1, 0.15) is 12.2 Å². The van der Waals surface area contributed by atoms with E-state index in [0.717, 1.165) is 38.5 Å². The van der Waals surface area contributed by atoms with Gasteiger partial charge in [-0.05, 0) is 38.5 Å². The third kappa shape index (κ3) is 51.7. The number of carbonyl (C=O) groups is 1. The monoisotopic (exact) mass is 976 g/mol. The SMILES string of the molecule is CCCCCCCCCCCCCC/C=C\CCCCCCCCCCCCCCCCC(O)C(=O)NC(CO)C(O)C(O)CCCCCCCCCCCCCCCCCCCCCCCCC. The van der Waals surface area contributed by atoms with Gasteiger partial charge >= 0.3 is 0 Å². The molecule has 0 rings (SSSR count). The Morgan fingerprint density at radius 1 is 0.348 bits per heavy atom. The molecule has 5 N–H and O–H groups in total. The molecule has 69 heavy (non-hydrogen) atoms. The van der Waals surface area contributed by atoms with Gasteiger partial charge in [0.05, 0.1) is 18.8 Å². The summed E-state index contributed by atoms with van der Waals surface area (Å²) in [5, 5.41) is 44.1. The fourth-order valence-corrected chi connectivity index (χ4v) is 10.3. The van der Waals surface area contributed by atoms with E-state index in [-0.39, 0.29) is 0 Å². The third-order valence-electron chi connectivity index (χ3n) is 15.2. The Kier molecular flexibility index (Phi) is 57.1. The van der Waals surface area contributed by atoms with Crippen molar-refractivity contribution >= 4 is 5.91 Å². The van der Waals surface area contributed by atoms with Crippen LogP contribution in [0, 0.1) is 0 Å². The predicted octanol–water partition coefficient (Wildman–Crippen LogP) is 18.8. The molecule has 0 aromatic carbocycles. The molecule has 0 saturated heterocycles. The number of hydrogen-bond acceptors (Lipinski definition) is 5. The number of nitrogens with one attached hydrogen (secondary N) is 1. The van der Waals surface area contributed by atoms with Crippen LogP contribution in [0.2, 0.25) is 0 Å². The van der Waals surface area contributed by atoms with E-state index >= 15 is 0 Å². The van der Waals surface area contributed by atoms with E-state index in [1.54, 1.807) is 0 Å². The Balaban J connectivity index is 3.56. The van der Waals surface area contributed by atoms with Gasteiger partial charge in [-0.1, -0.05) is 328 Å². The molecule has 0 heterocycles. The first-order chi connectivity index (χ1) is 34.0. The summed E-state index contributed by atoms with van der Waals surface area (Å²) in [6.07, 6.45) is 70.2. The molecule has 412 valence electrons. The molecule has 4 atom stereocenters. The topological polar surface area (TPSA) is 110 Å². The largest absolute Gasteiger partial charge is 0.394 e. The zero-order chi connectivity index (χ0) is 50.2. The highest BCUT2D eigenvalue weighted by Crippen LogP contribution is 2.19. The molecular weight excluding hydrogens is 851 g/mol. The van der Waals surface area contributed by atoms with Gasteiger partial charge in [0.25, 0.3) is 0 Å². The molecule has 0 aliphatic heterocycles. The molecule has 6 heteroatoms. The molecule has 6 nitrogen and oxygen atoms in total. The number of hydrogen-bond donors (Lipinski definition) is 5. The van der Waals surface area contributed by atoms with Gasteiger partial charge in [-0.2, -0.15) is 0 Å². The van der Waals surface area contributed by atoms with Crippen LogP contribution in [0.1, 0.15) is 354 Å². The highest BCUT2D eigenvalue weighted by Gasteiger charge is 2.28. The average molecular weight is 977 g/mol. The number of amides is 1. The Morgan fingerprint density at radius 2 is 0.580 bits per heavy atom. The normalized spacial score (nSPS) is 13.7. The lowest BCUT2D eigenvalue weighted by atomic mass is 9.99. The average Bonchev–Trinajstić information content (AvgIpc) is 3.35. The highest BCUT2D eigenvalue weighted by atomic mass is 16.3. The first-order valence-electron chi connectivity index (χ1n) is 31.6. The lowest BCUT2D eigenvalue weighted by Crippen LogP contribution is -2.53. The van der Waals surface area contributed by atoms with Crippen LogP contribution < -0.4 is 5.32 Å². The summed E-state index contributed by atoms with van der Waals surface area (Å²) in [4.78, 5) is 12.6. The first-order valence-corrected chi connectivity index (χ1v) is 31.6. The summed E-state index contributed by atoms with van der Waals surface area (Å²) < 4.78 is 0. The van der Waals surface area contributed by atoms with E-state index in [4.69, 9.17) is 0 Å². The fourth-order valence-electron chi connectivity index (χ4n) is 10.3. The molecule has 0 fully saturated rings. The molecule has 4 unspecified atom stereocenters. The van der Waals surface area contributed by atoms with E-state index in [2.05, 4.69) is 31.3 Å². The second kappa shape index (κ2) is 57.9. The molecule has 0 aromatic heterocycles. The summed E-state index contributed by atoms with van der Waals surface area (Å²) in [7, 11) is 0. The number of carbonyl (C=O) groups excluding carboxylic acids is 1. The zero-order valence-corrected chi connectivity index (χ0v) is 46.8. The maximum Gasteiger partial charge on any atom is 0.249 e. The molecular formula is C63H125NO5. The van der Waals surface area contributed by atoms with Gasteiger partial charge in [0.15, 0.2) is 0 Å². The summed E-state index contributed by atoms with van der Waals surface area (Å²) in [6.45, 7) is 4.11. The van der Waals surface area contributed by atoms with Crippen molar-refractivity contribution in [2.75, 3.05) is 6.61 Å². The second-order valence-electron chi connectivity index (χ2n) is 22.1. The van der Waals surface area contributed by atoms with Crippen LogP contribution in [0.5, 0.6) is 0 Å². The van der Waals surface area contributed by atoms with Crippen molar-refractivity contribution in [2.24, 2.45) is 0 Å². The van der Waals surface area contributed by atoms with Gasteiger partial charge in [-0.25, -0.2) is 0 Å². The minimum Gasteiger partial charge on any atom is -0.394 e. The van der Waals surface area contributed by atoms with Crippen LogP contribution in [0.25, 0.3) is 0 Å². The number of aliphatic hydroxyl groups is 4. The first kappa shape index (κ1) is 68.0. The number of unbranched alkanes of at least 4 members (excludes halogenated alkanes) is 48. The van der Waals surface area contributed by atoms with Gasteiger partial charge in [-0.15, -0.1) is 0 Å². The van der Waals surface area contributed by atoms with Gasteiger partial charge < -0.3 is 25.7 Å². The third-order valence-corrected chi connectivity index (χ3v) is 15.2. The van der Waals surface area contributed by atoms with Crippen LogP contribution in [-0.4, -0.2) is 57.3 Å². The smallest absolute Gasteiger partial charge is 0.249 e. The minimum atomic E-state index is -1.26. The van der Waals surface area contributed by atoms with Crippen molar-refractivity contribution in [3.05, 3.63) is 12.2 Å². The number of rotatable bonds is 59. The lowest BCUT2D eigenvalue weighted by Gasteiger charge is -2.27. The van der Waals surface area contributed by atoms with Crippen molar-refractivity contribution in [3.63, 3.8) is 0 Å². The standard InChI is InChI=1S/C63H125NO5/c1-3-5-7-9-11-13-15-17-19-21-23-25-27-28-29-30-31-32-33-35-37-39-41-43-45-47-49-51-53-55-57-61(67)63(69)64-59(58-65)62(68)60(66)56-54-52-50-48-46-44-42-40-38-36-34-26-24-22-20-18-16-14-12-10-8-6-4-2/h28-29,59-62,65-68H,3-27,30-58H2,1-2H3,(H,64,69)/b29-28-. The van der Waals surface area contributed by atoms with Crippen LogP contribution in [0.4, 0.5) is 0 Å². The molecule has 0 radical (unpaired) electrons. The molecule has 0 aliphatic carbocycles. The second-order valence-corrected chi connectivity index (χ2v) is 22.1. The maximum atomic E-state index is 12.6. The van der Waals surface area contributed by atoms with Crippen molar-refractivity contribution in [1.82, 2.24) is 5.32 Å². The minimum absolute atomic E-state index is 0.373. The maximum absolute atomic E-state index is 12.6. The quantitative estimate of drug-likeness (QED) is 0.0308. The van der Waals surface area contributed by atoms with Crippen LogP contribution >= 0.6 is 0 Å². The van der Waals surface area contributed by atoms with Crippen molar-refractivity contribution in [1.29, 1.82) is 0 Å². The van der Waals surface area contributed by atoms with Gasteiger partial charge in [0.2, 0.25) is 5.91 Å². The van der Waals surface area contributed by atoms with E-state index < -0.39 is 36.9 Å². The fraction of sp³-hybridized carbons (Fsp3) is 0.952. The van der Waals surface area contributed by atoms with Crippen LogP contribution in [-0.2, 0) is 4.79 Å². The highest BCUT2D eigenvalue weighted by molar-refractivity contribution is 5.80. The van der Waals surface area contributed by atoms with Crippen LogP contribution in [0.3, 0.4) is 0 Å². The van der Waals surface area contributed by atoms with Gasteiger partial charge in [0, 0.05) is 0 Å². The molecule has 0 aromatic rings. The molecule has 0 saturated carbocycles. The van der Waals surface area contributed by atoms with E-state index in [1.807, 2.05) is 0 Å². The van der Waals surface area contributed by atoms with Crippen LogP contribution in [0.15, 0.2) is 12.2 Å². The van der Waals surface area contributed by atoms with E-state index in [0.29, 0.717) is 12.8 Å². The van der Waals surface area contributed by atoms with E-state index in [1.165, 1.54) is 289 Å². The molecule has 0 spiro atoms. The van der Waals surface area contributed by atoms with Crippen molar-refractivity contribution < 1.29 is 25.2 Å². The number of allylic oxidation sites excluding steroid dienone is 2. The lowest BCUT2D eigenvalue weighted by molar-refractivity contribution is -0.132. The van der Waals surface area contributed by atoms with Crippen molar-refractivity contribution in [3.8, 4) is 0 Å². The Hall–Kier alpha value is -0.950. The summed E-state index contributed by atoms with van der Waals surface area (Å²) in [5.74, 6) is -0.576. The Bertz CT molecular complexity index is 1010. The summed E-state index contributed by atoms with van der Waals surface area (Å²) in [5.41, 5.74) is 0. The van der Waals surface area contributed by atoms with E-state index in [9.17, 15) is 25.2 Å². The Morgan fingerprint density at radius 3 is 0.841 bits per heavy atom.